The molecule has 0 saturated carbocycles. The third-order valence-corrected chi connectivity index (χ3v) is 2.28. The largest absolute Gasteiger partial charge is 0.448 e. The summed E-state index contributed by atoms with van der Waals surface area (Å²) in [6, 6.07) is 3.94. The summed E-state index contributed by atoms with van der Waals surface area (Å²) in [7, 11) is 0. The first kappa shape index (κ1) is 13.3. The van der Waals surface area contributed by atoms with Gasteiger partial charge in [-0.15, -0.1) is 0 Å². The van der Waals surface area contributed by atoms with Crippen molar-refractivity contribution >= 4 is 11.9 Å². The number of nitrogens with one attached hydrogen (secondary N) is 1. The Kier molecular flexibility index (Phi) is 4.31. The summed E-state index contributed by atoms with van der Waals surface area (Å²) in [5.74, 6) is 0.756. The second-order valence-corrected chi connectivity index (χ2v) is 4.78. The van der Waals surface area contributed by atoms with E-state index in [0.29, 0.717) is 6.54 Å². The predicted molar refractivity (Wildman–Crippen MR) is 67.0 cm³/mol. The topological polar surface area (TPSA) is 77.2 Å². The number of primary amides is 1. The van der Waals surface area contributed by atoms with Crippen LogP contribution in [-0.4, -0.2) is 24.2 Å². The van der Waals surface area contributed by atoms with Crippen molar-refractivity contribution in [1.29, 1.82) is 0 Å². The van der Waals surface area contributed by atoms with Gasteiger partial charge in [0.15, 0.2) is 0 Å². The van der Waals surface area contributed by atoms with Crippen LogP contribution in [0.5, 0.6) is 0 Å². The van der Waals surface area contributed by atoms with Gasteiger partial charge in [-0.25, -0.2) is 9.78 Å². The minimum Gasteiger partial charge on any atom is -0.448 e. The minimum atomic E-state index is -0.761. The Hall–Kier alpha value is -1.78. The Labute approximate surface area is 101 Å². The SMILES string of the molecule is CC(C)(C)c1ccc(NCCOC(N)=O)nc1. The second kappa shape index (κ2) is 5.52. The van der Waals surface area contributed by atoms with Crippen molar-refractivity contribution in [3.05, 3.63) is 23.9 Å². The molecule has 0 spiro atoms. The van der Waals surface area contributed by atoms with Crippen LogP contribution in [0.2, 0.25) is 0 Å². The van der Waals surface area contributed by atoms with E-state index in [2.05, 4.69) is 35.8 Å². The highest BCUT2D eigenvalue weighted by Gasteiger charge is 2.13. The van der Waals surface area contributed by atoms with Crippen molar-refractivity contribution in [2.24, 2.45) is 5.73 Å². The number of rotatable bonds is 4. The second-order valence-electron chi connectivity index (χ2n) is 4.78. The lowest BCUT2D eigenvalue weighted by Crippen LogP contribution is -2.18. The Bertz CT molecular complexity index is 368. The molecule has 94 valence electrons. The summed E-state index contributed by atoms with van der Waals surface area (Å²) in [4.78, 5) is 14.6. The molecule has 0 aliphatic rings. The molecule has 0 radical (unpaired) electrons. The molecule has 1 amide bonds. The first-order valence-electron chi connectivity index (χ1n) is 5.52. The van der Waals surface area contributed by atoms with E-state index in [1.807, 2.05) is 18.3 Å². The third kappa shape index (κ3) is 4.72. The van der Waals surface area contributed by atoms with Gasteiger partial charge in [0.2, 0.25) is 0 Å². The van der Waals surface area contributed by atoms with Crippen molar-refractivity contribution in [2.75, 3.05) is 18.5 Å². The molecular weight excluding hydrogens is 218 g/mol. The van der Waals surface area contributed by atoms with Gasteiger partial charge in [0, 0.05) is 6.20 Å². The molecule has 1 rings (SSSR count). The first-order valence-corrected chi connectivity index (χ1v) is 5.52. The third-order valence-electron chi connectivity index (χ3n) is 2.28. The van der Waals surface area contributed by atoms with Gasteiger partial charge < -0.3 is 15.8 Å². The minimum absolute atomic E-state index is 0.0978. The van der Waals surface area contributed by atoms with E-state index >= 15 is 0 Å². The summed E-state index contributed by atoms with van der Waals surface area (Å²) in [6.45, 7) is 7.14. The van der Waals surface area contributed by atoms with E-state index in [0.717, 1.165) is 5.82 Å². The van der Waals surface area contributed by atoms with Crippen LogP contribution in [0.15, 0.2) is 18.3 Å². The predicted octanol–water partition coefficient (Wildman–Crippen LogP) is 1.89. The highest BCUT2D eigenvalue weighted by molar-refractivity contribution is 5.64. The van der Waals surface area contributed by atoms with Crippen molar-refractivity contribution in [3.63, 3.8) is 0 Å². The fourth-order valence-corrected chi connectivity index (χ4v) is 1.27. The molecule has 0 saturated heterocycles. The number of pyridine rings is 1. The Morgan fingerprint density at radius 3 is 2.65 bits per heavy atom. The number of amides is 1. The average molecular weight is 237 g/mol. The highest BCUT2D eigenvalue weighted by Crippen LogP contribution is 2.21. The molecule has 17 heavy (non-hydrogen) atoms. The Morgan fingerprint density at radius 1 is 1.47 bits per heavy atom. The number of nitrogens with two attached hydrogens (primary N) is 1. The maximum absolute atomic E-state index is 10.3. The van der Waals surface area contributed by atoms with Crippen LogP contribution in [0, 0.1) is 0 Å². The van der Waals surface area contributed by atoms with E-state index in [-0.39, 0.29) is 12.0 Å². The summed E-state index contributed by atoms with van der Waals surface area (Å²) < 4.78 is 4.59. The number of carbonyl (C=O) groups excluding carboxylic acids is 1. The lowest BCUT2D eigenvalue weighted by Gasteiger charge is -2.18. The van der Waals surface area contributed by atoms with E-state index in [9.17, 15) is 4.79 Å². The van der Waals surface area contributed by atoms with Crippen molar-refractivity contribution < 1.29 is 9.53 Å². The van der Waals surface area contributed by atoms with Crippen LogP contribution in [0.1, 0.15) is 26.3 Å². The lowest BCUT2D eigenvalue weighted by atomic mass is 9.88. The molecule has 0 aliphatic heterocycles. The van der Waals surface area contributed by atoms with Gasteiger partial charge >= 0.3 is 6.09 Å². The molecule has 1 aromatic heterocycles. The zero-order valence-corrected chi connectivity index (χ0v) is 10.5. The summed E-state index contributed by atoms with van der Waals surface area (Å²) in [6.07, 6.45) is 1.08. The summed E-state index contributed by atoms with van der Waals surface area (Å²) in [5.41, 5.74) is 6.11. The molecule has 5 heteroatoms. The van der Waals surface area contributed by atoms with E-state index in [4.69, 9.17) is 5.73 Å². The van der Waals surface area contributed by atoms with E-state index < -0.39 is 6.09 Å². The van der Waals surface area contributed by atoms with Crippen molar-refractivity contribution in [2.45, 2.75) is 26.2 Å². The number of hydrogen-bond acceptors (Lipinski definition) is 4. The maximum Gasteiger partial charge on any atom is 0.404 e. The molecule has 5 nitrogen and oxygen atoms in total. The lowest BCUT2D eigenvalue weighted by molar-refractivity contribution is 0.161. The zero-order chi connectivity index (χ0) is 12.9. The molecule has 0 atom stereocenters. The number of nitrogens with zero attached hydrogens (tertiary/aromatic N) is 1. The number of anilines is 1. The average Bonchev–Trinajstić information content (AvgIpc) is 2.23. The van der Waals surface area contributed by atoms with Gasteiger partial charge in [-0.3, -0.25) is 0 Å². The smallest absolute Gasteiger partial charge is 0.404 e. The molecule has 3 N–H and O–H groups in total. The van der Waals surface area contributed by atoms with Crippen molar-refractivity contribution in [3.8, 4) is 0 Å². The molecular formula is C12H19N3O2. The Morgan fingerprint density at radius 2 is 2.18 bits per heavy atom. The summed E-state index contributed by atoms with van der Waals surface area (Å²) >= 11 is 0. The first-order chi connectivity index (χ1) is 7.89. The maximum atomic E-state index is 10.3. The number of ether oxygens (including phenoxy) is 1. The van der Waals surface area contributed by atoms with Crippen LogP contribution >= 0.6 is 0 Å². The highest BCUT2D eigenvalue weighted by atomic mass is 16.5. The van der Waals surface area contributed by atoms with Gasteiger partial charge in [-0.05, 0) is 17.0 Å². The van der Waals surface area contributed by atoms with Crippen LogP contribution in [0.4, 0.5) is 10.6 Å². The van der Waals surface area contributed by atoms with Crippen LogP contribution in [0.3, 0.4) is 0 Å². The normalized spacial score (nSPS) is 11.0. The quantitative estimate of drug-likeness (QED) is 0.784. The number of aromatic nitrogens is 1. The van der Waals surface area contributed by atoms with Crippen LogP contribution < -0.4 is 11.1 Å². The van der Waals surface area contributed by atoms with Gasteiger partial charge in [-0.2, -0.15) is 0 Å². The Balaban J connectivity index is 2.43. The molecule has 1 aromatic rings. The van der Waals surface area contributed by atoms with Gasteiger partial charge in [0.05, 0.1) is 6.54 Å². The molecule has 0 fully saturated rings. The van der Waals surface area contributed by atoms with Gasteiger partial charge in [0.1, 0.15) is 12.4 Å². The van der Waals surface area contributed by atoms with E-state index in [1.165, 1.54) is 5.56 Å². The monoisotopic (exact) mass is 237 g/mol. The number of hydrogen-bond donors (Lipinski definition) is 2. The van der Waals surface area contributed by atoms with Crippen LogP contribution in [0.25, 0.3) is 0 Å². The number of carbonyl (C=O) groups is 1. The molecule has 0 aromatic carbocycles. The van der Waals surface area contributed by atoms with Gasteiger partial charge in [-0.1, -0.05) is 26.8 Å². The van der Waals surface area contributed by atoms with Gasteiger partial charge in [0.25, 0.3) is 0 Å². The molecule has 0 unspecified atom stereocenters. The summed E-state index contributed by atoms with van der Waals surface area (Å²) in [5, 5.41) is 3.03. The van der Waals surface area contributed by atoms with Crippen molar-refractivity contribution in [1.82, 2.24) is 4.98 Å². The zero-order valence-electron chi connectivity index (χ0n) is 10.5. The van der Waals surface area contributed by atoms with Crippen LogP contribution in [-0.2, 0) is 10.2 Å². The fourth-order valence-electron chi connectivity index (χ4n) is 1.27. The standard InChI is InChI=1S/C12H19N3O2/c1-12(2,3)9-4-5-10(15-8-9)14-6-7-17-11(13)16/h4-5,8H,6-7H2,1-3H3,(H2,13,16)(H,14,15). The fraction of sp³-hybridized carbons (Fsp3) is 0.500. The molecule has 1 heterocycles. The molecule has 0 bridgehead atoms. The van der Waals surface area contributed by atoms with E-state index in [1.54, 1.807) is 0 Å². The molecule has 0 aliphatic carbocycles.